The topological polar surface area (TPSA) is 23.5 Å². The third-order valence-corrected chi connectivity index (χ3v) is 6.77. The minimum atomic E-state index is -0.711. The number of aliphatic hydroxyl groups is 1. The predicted molar refractivity (Wildman–Crippen MR) is 111 cm³/mol. The van der Waals surface area contributed by atoms with E-state index < -0.39 is 5.60 Å². The third kappa shape index (κ3) is 4.40. The van der Waals surface area contributed by atoms with E-state index >= 15 is 0 Å². The molecule has 2 heteroatoms. The molecule has 3 unspecified atom stereocenters. The van der Waals surface area contributed by atoms with E-state index in [-0.39, 0.29) is 6.04 Å². The van der Waals surface area contributed by atoms with Crippen molar-refractivity contribution in [2.75, 3.05) is 14.1 Å². The second-order valence-corrected chi connectivity index (χ2v) is 8.95. The monoisotopic (exact) mass is 355 g/mol. The number of nitrogens with zero attached hydrogens (tertiary/aromatic N) is 1. The molecule has 0 aliphatic heterocycles. The van der Waals surface area contributed by atoms with Gasteiger partial charge in [0.15, 0.2) is 0 Å². The largest absolute Gasteiger partial charge is 0.384 e. The smallest absolute Gasteiger partial charge is 0.102 e. The van der Waals surface area contributed by atoms with Gasteiger partial charge in [0, 0.05) is 6.04 Å². The second kappa shape index (κ2) is 8.71. The first-order valence-corrected chi connectivity index (χ1v) is 10.7. The van der Waals surface area contributed by atoms with Crippen LogP contribution in [0, 0.1) is 11.8 Å². The lowest BCUT2D eigenvalue weighted by molar-refractivity contribution is -0.0281. The lowest BCUT2D eigenvalue weighted by Crippen LogP contribution is -2.52. The van der Waals surface area contributed by atoms with Crippen LogP contribution in [0.1, 0.15) is 70.3 Å². The number of rotatable bonds is 4. The molecule has 3 rings (SSSR count). The van der Waals surface area contributed by atoms with E-state index in [4.69, 9.17) is 0 Å². The number of hydrogen-bond acceptors (Lipinski definition) is 2. The van der Waals surface area contributed by atoms with Crippen LogP contribution in [0.25, 0.3) is 6.08 Å². The Bertz CT molecular complexity index is 587. The van der Waals surface area contributed by atoms with Gasteiger partial charge in [0.1, 0.15) is 5.60 Å². The standard InChI is InChI=1S/C24H37NO/c1-19-11-10-16-23(25(2)3)24(26,18-21-14-8-5-9-15-21)22(19)17-20-12-6-4-7-13-20/h4,6-7,12-13,17,19,21,23,26H,5,8-11,14-16,18H2,1-3H3. The molecule has 2 fully saturated rings. The van der Waals surface area contributed by atoms with Gasteiger partial charge in [-0.3, -0.25) is 0 Å². The van der Waals surface area contributed by atoms with E-state index in [0.29, 0.717) is 11.8 Å². The van der Waals surface area contributed by atoms with Crippen LogP contribution in [-0.2, 0) is 0 Å². The Morgan fingerprint density at radius 1 is 1.00 bits per heavy atom. The van der Waals surface area contributed by atoms with Crippen LogP contribution in [0.5, 0.6) is 0 Å². The summed E-state index contributed by atoms with van der Waals surface area (Å²) in [5.74, 6) is 1.11. The molecule has 0 radical (unpaired) electrons. The molecule has 0 bridgehead atoms. The van der Waals surface area contributed by atoms with Crippen LogP contribution in [0.15, 0.2) is 35.9 Å². The van der Waals surface area contributed by atoms with Crippen molar-refractivity contribution >= 4 is 6.08 Å². The number of hydrogen-bond donors (Lipinski definition) is 1. The van der Waals surface area contributed by atoms with Gasteiger partial charge in [-0.1, -0.05) is 81.9 Å². The van der Waals surface area contributed by atoms with Crippen molar-refractivity contribution in [3.05, 3.63) is 41.5 Å². The summed E-state index contributed by atoms with van der Waals surface area (Å²) < 4.78 is 0. The Labute approximate surface area is 160 Å². The van der Waals surface area contributed by atoms with Gasteiger partial charge in [0.25, 0.3) is 0 Å². The zero-order chi connectivity index (χ0) is 18.6. The Hall–Kier alpha value is -1.12. The van der Waals surface area contributed by atoms with Crippen LogP contribution < -0.4 is 0 Å². The van der Waals surface area contributed by atoms with Crippen molar-refractivity contribution in [1.29, 1.82) is 0 Å². The van der Waals surface area contributed by atoms with Crippen molar-refractivity contribution in [3.8, 4) is 0 Å². The van der Waals surface area contributed by atoms with Crippen LogP contribution in [0.4, 0.5) is 0 Å². The van der Waals surface area contributed by atoms with Gasteiger partial charge in [-0.15, -0.1) is 0 Å². The fourth-order valence-corrected chi connectivity index (χ4v) is 5.40. The molecular weight excluding hydrogens is 318 g/mol. The molecule has 0 spiro atoms. The summed E-state index contributed by atoms with van der Waals surface area (Å²) in [5, 5.41) is 12.2. The van der Waals surface area contributed by atoms with E-state index in [2.05, 4.69) is 62.3 Å². The lowest BCUT2D eigenvalue weighted by atomic mass is 9.71. The third-order valence-electron chi connectivity index (χ3n) is 6.77. The van der Waals surface area contributed by atoms with Gasteiger partial charge in [0.05, 0.1) is 0 Å². The summed E-state index contributed by atoms with van der Waals surface area (Å²) >= 11 is 0. The van der Waals surface area contributed by atoms with Gasteiger partial charge in [-0.05, 0) is 56.3 Å². The zero-order valence-electron chi connectivity index (χ0n) is 17.0. The maximum Gasteiger partial charge on any atom is 0.102 e. The highest BCUT2D eigenvalue weighted by atomic mass is 16.3. The normalized spacial score (nSPS) is 32.7. The van der Waals surface area contributed by atoms with Crippen molar-refractivity contribution in [3.63, 3.8) is 0 Å². The predicted octanol–water partition coefficient (Wildman–Crippen LogP) is 5.52. The average molecular weight is 356 g/mol. The summed E-state index contributed by atoms with van der Waals surface area (Å²) in [4.78, 5) is 2.28. The highest BCUT2D eigenvalue weighted by Crippen LogP contribution is 2.44. The molecule has 0 saturated heterocycles. The van der Waals surface area contributed by atoms with E-state index in [1.54, 1.807) is 0 Å². The fourth-order valence-electron chi connectivity index (χ4n) is 5.40. The first-order chi connectivity index (χ1) is 12.5. The van der Waals surface area contributed by atoms with Gasteiger partial charge < -0.3 is 10.0 Å². The molecule has 144 valence electrons. The first kappa shape index (κ1) is 19.6. The Morgan fingerprint density at radius 2 is 1.69 bits per heavy atom. The van der Waals surface area contributed by atoms with Gasteiger partial charge in [-0.25, -0.2) is 0 Å². The summed E-state index contributed by atoms with van der Waals surface area (Å²) in [7, 11) is 4.29. The molecular formula is C24H37NO. The number of likely N-dealkylation sites (N-methyl/N-ethyl adjacent to an activating group) is 1. The summed E-state index contributed by atoms with van der Waals surface area (Å²) in [6.45, 7) is 2.32. The lowest BCUT2D eigenvalue weighted by Gasteiger charge is -2.44. The molecule has 1 aromatic carbocycles. The van der Waals surface area contributed by atoms with E-state index in [0.717, 1.165) is 12.8 Å². The minimum Gasteiger partial charge on any atom is -0.384 e. The molecule has 1 N–H and O–H groups in total. The SMILES string of the molecule is CC1CCCC(N(C)C)C(O)(CC2CCCCC2)C1=Cc1ccccc1. The molecule has 26 heavy (non-hydrogen) atoms. The van der Waals surface area contributed by atoms with E-state index in [1.807, 2.05) is 0 Å². The van der Waals surface area contributed by atoms with E-state index in [9.17, 15) is 5.11 Å². The van der Waals surface area contributed by atoms with Crippen LogP contribution in [0.2, 0.25) is 0 Å². The molecule has 2 aliphatic carbocycles. The quantitative estimate of drug-likeness (QED) is 0.719. The van der Waals surface area contributed by atoms with Crippen molar-refractivity contribution in [2.45, 2.75) is 76.4 Å². The van der Waals surface area contributed by atoms with Crippen LogP contribution in [0.3, 0.4) is 0 Å². The second-order valence-electron chi connectivity index (χ2n) is 8.95. The van der Waals surface area contributed by atoms with Gasteiger partial charge in [-0.2, -0.15) is 0 Å². The van der Waals surface area contributed by atoms with Crippen molar-refractivity contribution < 1.29 is 5.11 Å². The fraction of sp³-hybridized carbons (Fsp3) is 0.667. The van der Waals surface area contributed by atoms with E-state index in [1.165, 1.54) is 56.1 Å². The average Bonchev–Trinajstić information content (AvgIpc) is 2.75. The molecule has 0 heterocycles. The molecule has 1 aromatic rings. The Morgan fingerprint density at radius 3 is 2.35 bits per heavy atom. The first-order valence-electron chi connectivity index (χ1n) is 10.7. The Kier molecular flexibility index (Phi) is 6.58. The van der Waals surface area contributed by atoms with Crippen molar-refractivity contribution in [2.24, 2.45) is 11.8 Å². The molecule has 2 nitrogen and oxygen atoms in total. The molecule has 2 aliphatic rings. The molecule has 0 aromatic heterocycles. The number of benzene rings is 1. The summed E-state index contributed by atoms with van der Waals surface area (Å²) in [6.07, 6.45) is 13.3. The molecule has 2 saturated carbocycles. The molecule has 3 atom stereocenters. The van der Waals surface area contributed by atoms with Crippen LogP contribution in [-0.4, -0.2) is 35.7 Å². The van der Waals surface area contributed by atoms with Gasteiger partial charge in [0.2, 0.25) is 0 Å². The van der Waals surface area contributed by atoms with Crippen molar-refractivity contribution in [1.82, 2.24) is 4.90 Å². The van der Waals surface area contributed by atoms with Crippen LogP contribution >= 0.6 is 0 Å². The van der Waals surface area contributed by atoms with Gasteiger partial charge >= 0.3 is 0 Å². The minimum absolute atomic E-state index is 0.212. The maximum atomic E-state index is 12.2. The summed E-state index contributed by atoms with van der Waals surface area (Å²) in [6, 6.07) is 10.8. The maximum absolute atomic E-state index is 12.2. The molecule has 0 amide bonds. The highest BCUT2D eigenvalue weighted by Gasteiger charge is 2.45. The zero-order valence-corrected chi connectivity index (χ0v) is 17.0. The Balaban J connectivity index is 2.00. The highest BCUT2D eigenvalue weighted by molar-refractivity contribution is 5.56. The summed E-state index contributed by atoms with van der Waals surface area (Å²) in [5.41, 5.74) is 1.78.